The Morgan fingerprint density at radius 3 is 1.22 bits per heavy atom. The first kappa shape index (κ1) is 79.3. The number of nitrogens with zero attached hydrogens (tertiary/aromatic N) is 16. The number of ether oxygens (including phenoxy) is 1. The van der Waals surface area contributed by atoms with Gasteiger partial charge in [-0.3, -0.25) is 69.3 Å². The first-order chi connectivity index (χ1) is 58.9. The van der Waals surface area contributed by atoms with E-state index in [1.165, 1.54) is 44.6 Å². The number of aromatic amines is 4. The second-order valence-corrected chi connectivity index (χ2v) is 32.8. The Balaban J connectivity index is 0.000000112. The summed E-state index contributed by atoms with van der Waals surface area (Å²) in [6.45, 7) is 33.9. The first-order valence-electron chi connectivity index (χ1n) is 42.2. The Hall–Kier alpha value is -12.8. The highest BCUT2D eigenvalue weighted by molar-refractivity contribution is 6.10. The molecule has 0 aliphatic carbocycles. The van der Waals surface area contributed by atoms with Gasteiger partial charge in [0.15, 0.2) is 0 Å². The number of pyridine rings is 4. The number of hydrogen-bond donors (Lipinski definition) is 5. The number of aromatic nitrogens is 12. The number of rotatable bonds is 11. The van der Waals surface area contributed by atoms with Gasteiger partial charge in [0.25, 0.3) is 22.2 Å². The molecular weight excluding hydrogens is 1520 g/mol. The van der Waals surface area contributed by atoms with Crippen molar-refractivity contribution in [3.8, 4) is 22.7 Å². The number of piperazine rings is 4. The summed E-state index contributed by atoms with van der Waals surface area (Å²) < 4.78 is 26.6. The molecule has 5 N–H and O–H groups in total. The molecule has 0 saturated carbocycles. The molecule has 0 atom stereocenters. The largest absolute Gasteiger partial charge is 0.378 e. The minimum Gasteiger partial charge on any atom is -0.378 e. The van der Waals surface area contributed by atoms with Crippen LogP contribution in [0.1, 0.15) is 44.5 Å². The molecule has 0 bridgehead atoms. The fraction of sp³-hybridized carbons (Fsp3) is 0.319. The zero-order valence-corrected chi connectivity index (χ0v) is 69.8. The Morgan fingerprint density at radius 2 is 0.752 bits per heavy atom. The zero-order valence-electron chi connectivity index (χ0n) is 69.8. The van der Waals surface area contributed by atoms with Crippen molar-refractivity contribution in [2.75, 3.05) is 163 Å². The van der Waals surface area contributed by atoms with Gasteiger partial charge in [-0.05, 0) is 164 Å². The van der Waals surface area contributed by atoms with Gasteiger partial charge in [0, 0.05) is 187 Å². The van der Waals surface area contributed by atoms with Crippen LogP contribution in [0.25, 0.3) is 110 Å². The molecule has 13 heterocycles. The summed E-state index contributed by atoms with van der Waals surface area (Å²) in [6.07, 6.45) is 5.14. The normalized spacial score (nSPS) is 16.0. The third-order valence-electron chi connectivity index (χ3n) is 24.7. The lowest BCUT2D eigenvalue weighted by Crippen LogP contribution is -2.49. The number of para-hydroxylation sites is 4. The number of nitrogens with one attached hydrogen (secondary N) is 5. The van der Waals surface area contributed by atoms with Crippen molar-refractivity contribution in [2.24, 2.45) is 0 Å². The molecule has 5 saturated heterocycles. The van der Waals surface area contributed by atoms with E-state index in [0.29, 0.717) is 87.7 Å². The second kappa shape index (κ2) is 33.8. The van der Waals surface area contributed by atoms with Crippen LogP contribution in [0, 0.1) is 26.6 Å². The van der Waals surface area contributed by atoms with Crippen molar-refractivity contribution in [3.05, 3.63) is 253 Å². The first-order valence-corrected chi connectivity index (χ1v) is 42.2. The molecule has 121 heavy (non-hydrogen) atoms. The van der Waals surface area contributed by atoms with Crippen LogP contribution in [0.4, 0.5) is 32.8 Å². The predicted octanol–water partition coefficient (Wildman–Crippen LogP) is 12.6. The van der Waals surface area contributed by atoms with Crippen LogP contribution in [0.2, 0.25) is 0 Å². The maximum absolute atomic E-state index is 15.0. The minimum atomic E-state index is -0.324. The topological polar surface area (TPSA) is 250 Å². The highest BCUT2D eigenvalue weighted by Gasteiger charge is 2.29. The zero-order chi connectivity index (χ0) is 83.3. The van der Waals surface area contributed by atoms with Crippen LogP contribution in [-0.4, -0.2) is 224 Å². The third kappa shape index (κ3) is 15.6. The maximum atomic E-state index is 15.0. The molecular formula is C94H102FN21O5. The molecule has 0 unspecified atom stereocenters. The van der Waals surface area contributed by atoms with Crippen LogP contribution < -0.4 is 52.1 Å². The van der Waals surface area contributed by atoms with Crippen LogP contribution >= 0.6 is 0 Å². The Morgan fingerprint density at radius 1 is 0.364 bits per heavy atom. The Labute approximate surface area is 698 Å². The molecule has 26 nitrogen and oxygen atoms in total. The van der Waals surface area contributed by atoms with E-state index in [0.717, 1.165) is 177 Å². The molecule has 16 aromatic rings. The van der Waals surface area contributed by atoms with Crippen molar-refractivity contribution < 1.29 is 9.13 Å². The molecule has 21 rings (SSSR count). The lowest BCUT2D eigenvalue weighted by Gasteiger charge is -2.40. The Kier molecular flexibility index (Phi) is 22.1. The maximum Gasteiger partial charge on any atom is 0.280 e. The highest BCUT2D eigenvalue weighted by Crippen LogP contribution is 2.38. The number of anilines is 5. The van der Waals surface area contributed by atoms with E-state index in [-0.39, 0.29) is 28.1 Å². The van der Waals surface area contributed by atoms with Crippen molar-refractivity contribution in [1.82, 2.24) is 79.1 Å². The number of likely N-dealkylation sites (N-methyl/N-ethyl adjacent to an activating group) is 1. The van der Waals surface area contributed by atoms with Crippen molar-refractivity contribution in [3.63, 3.8) is 0 Å². The van der Waals surface area contributed by atoms with Gasteiger partial charge >= 0.3 is 0 Å². The van der Waals surface area contributed by atoms with E-state index >= 15 is 0 Å². The van der Waals surface area contributed by atoms with E-state index in [1.807, 2.05) is 133 Å². The lowest BCUT2D eigenvalue weighted by atomic mass is 10.1. The molecule has 5 aliphatic rings. The van der Waals surface area contributed by atoms with Crippen LogP contribution in [0.5, 0.6) is 0 Å². The van der Waals surface area contributed by atoms with Gasteiger partial charge in [-0.15, -0.1) is 0 Å². The Bertz CT molecular complexity index is 6740. The van der Waals surface area contributed by atoms with Crippen LogP contribution in [-0.2, 0) is 4.74 Å². The van der Waals surface area contributed by atoms with E-state index in [4.69, 9.17) is 9.72 Å². The van der Waals surface area contributed by atoms with E-state index in [9.17, 15) is 23.6 Å². The van der Waals surface area contributed by atoms with Gasteiger partial charge < -0.3 is 39.5 Å². The van der Waals surface area contributed by atoms with Gasteiger partial charge in [0.2, 0.25) is 0 Å². The molecule has 5 fully saturated rings. The van der Waals surface area contributed by atoms with Crippen LogP contribution in [0.15, 0.2) is 208 Å². The van der Waals surface area contributed by atoms with Crippen molar-refractivity contribution >= 4 is 116 Å². The summed E-state index contributed by atoms with van der Waals surface area (Å²) >= 11 is 0. The average molecular weight is 1620 g/mol. The third-order valence-corrected chi connectivity index (χ3v) is 24.7. The van der Waals surface area contributed by atoms with Crippen molar-refractivity contribution in [1.29, 1.82) is 0 Å². The fourth-order valence-corrected chi connectivity index (χ4v) is 17.8. The molecule has 0 radical (unpaired) electrons. The summed E-state index contributed by atoms with van der Waals surface area (Å²) in [5.41, 5.74) is 17.8. The minimum absolute atomic E-state index is 0.0661. The highest BCUT2D eigenvalue weighted by atomic mass is 19.1. The molecule has 620 valence electrons. The molecule has 8 aromatic carbocycles. The van der Waals surface area contributed by atoms with Crippen LogP contribution in [0.3, 0.4) is 0 Å². The molecule has 27 heteroatoms. The van der Waals surface area contributed by atoms with Gasteiger partial charge in [-0.25, -0.2) is 23.1 Å². The quantitative estimate of drug-likeness (QED) is 0.0807. The monoisotopic (exact) mass is 1620 g/mol. The van der Waals surface area contributed by atoms with Gasteiger partial charge in [-0.2, -0.15) is 0 Å². The summed E-state index contributed by atoms with van der Waals surface area (Å²) in [7, 11) is 2.16. The van der Waals surface area contributed by atoms with E-state index in [1.54, 1.807) is 38.7 Å². The van der Waals surface area contributed by atoms with Gasteiger partial charge in [-0.1, -0.05) is 72.8 Å². The number of aryl methyl sites for hydroxylation is 3. The average Bonchev–Trinajstić information content (AvgIpc) is 1.65. The summed E-state index contributed by atoms with van der Waals surface area (Å²) in [5.74, 6) is -0.324. The number of fused-ring (bicyclic) bond motifs is 12. The lowest BCUT2D eigenvalue weighted by molar-refractivity contribution is 0.122. The smallest absolute Gasteiger partial charge is 0.280 e. The standard InChI is InChI=1S/C30H39N7O.C22H23N5O.C21H19FN4O2.C21H21N5O/c1-21(2)33-10-14-35(15-11-33)24-18-25-28-26(30(38)37(32-28)23-8-6-5-7-9-23)20-31-29(25)27(19-24)36-16-12-34(13-17-36)22(3)4;1-15-12-17-19(13-20(15)26-10-8-25(2)9-11-26)23-14-18-21(17)24-27(22(18)28)16-6-4-3-5-7-16;1-13-19-20(24-26(21(19)27)14-5-3-2-4-6-14)15-11-16(22)18(12-17(15)23-13)25-7-9-28-10-8-25;1-14-11-16-18(12-19(14)25-9-7-22-8-10-25)23-13-17-20(16)24-26(21(17)27)15-5-3-2-4-6-15/h5-9,18-22,32H,10-17H2,1-4H3;3-7,12-14,24H,8-11H2,1-2H3;2-6,11-12,24H,7-10H2,1H3;2-6,11-13,22,24H,7-10H2,1H3. The predicted molar refractivity (Wildman–Crippen MR) is 487 cm³/mol. The fourth-order valence-electron chi connectivity index (χ4n) is 17.8. The molecule has 5 aliphatic heterocycles. The summed E-state index contributed by atoms with van der Waals surface area (Å²) in [5, 5.41) is 22.5. The van der Waals surface area contributed by atoms with Crippen molar-refractivity contribution in [2.45, 2.75) is 60.5 Å². The molecule has 0 amide bonds. The van der Waals surface area contributed by atoms with E-state index in [2.05, 4.69) is 160 Å². The number of H-pyrrole nitrogens is 4. The van der Waals surface area contributed by atoms with Gasteiger partial charge in [0.05, 0.1) is 119 Å². The number of benzene rings is 8. The summed E-state index contributed by atoms with van der Waals surface area (Å²) in [6, 6.07) is 55.9. The molecule has 0 spiro atoms. The van der Waals surface area contributed by atoms with Gasteiger partial charge in [0.1, 0.15) is 5.82 Å². The second-order valence-electron chi connectivity index (χ2n) is 32.8. The number of morpholine rings is 1. The molecule has 8 aromatic heterocycles. The van der Waals surface area contributed by atoms with E-state index < -0.39 is 0 Å². The number of halogens is 1. The number of hydrogen-bond acceptors (Lipinski definition) is 18. The SMILES string of the molecule is CC(C)N1CCN(c2cc(N3CCN(C(C)C)CC3)c3ncc4c(=O)n(-c5ccccc5)[nH]c4c3c2)CC1.Cc1cc2c(cc1N1CCN(C)CC1)ncc1c(=O)n(-c3ccccc3)[nH]c12.Cc1cc2c(cc1N1CCNCC1)ncc1c(=O)n(-c3ccccc3)[nH]c12.Cc1nc2cc(N3CCOCC3)c(F)cc2c2[nH]n(-c3ccccc3)c(=O)c12. The summed E-state index contributed by atoms with van der Waals surface area (Å²) in [4.78, 5) is 90.1.